The third-order valence-corrected chi connectivity index (χ3v) is 2.60. The minimum atomic E-state index is -0.693. The molecule has 0 N–H and O–H groups in total. The van der Waals surface area contributed by atoms with Gasteiger partial charge in [0.25, 0.3) is 5.69 Å². The molecule has 0 saturated heterocycles. The zero-order valence-electron chi connectivity index (χ0n) is 8.36. The third-order valence-electron chi connectivity index (χ3n) is 2.09. The zero-order chi connectivity index (χ0) is 12.3. The monoisotopic (exact) mass is 282 g/mol. The molecule has 0 aliphatic heterocycles. The number of aryl methyl sites for hydroxylation is 1. The van der Waals surface area contributed by atoms with Crippen LogP contribution in [-0.2, 0) is 0 Å². The van der Waals surface area contributed by atoms with E-state index in [0.29, 0.717) is 5.56 Å². The average Bonchev–Trinajstić information content (AvgIpc) is 2.27. The van der Waals surface area contributed by atoms with E-state index in [0.717, 1.165) is 0 Å². The van der Waals surface area contributed by atoms with E-state index in [1.807, 2.05) is 0 Å². The van der Waals surface area contributed by atoms with Gasteiger partial charge in [0.2, 0.25) is 0 Å². The molecule has 0 radical (unpaired) electrons. The van der Waals surface area contributed by atoms with Crippen molar-refractivity contribution in [1.82, 2.24) is 0 Å². The predicted molar refractivity (Wildman–Crippen MR) is 60.7 cm³/mol. The second-order valence-electron chi connectivity index (χ2n) is 3.08. The van der Waals surface area contributed by atoms with Crippen LogP contribution in [0.25, 0.3) is 0 Å². The van der Waals surface area contributed by atoms with Crippen LogP contribution in [0.5, 0.6) is 0 Å². The van der Waals surface area contributed by atoms with Crippen LogP contribution >= 0.6 is 15.9 Å². The SMILES string of the molecule is Cc1ccc(C#N)c([N+](=O)[O-])c1C(=O)CBr. The number of rotatable bonds is 3. The van der Waals surface area contributed by atoms with Crippen molar-refractivity contribution in [2.24, 2.45) is 0 Å². The van der Waals surface area contributed by atoms with E-state index in [2.05, 4.69) is 15.9 Å². The molecule has 0 aromatic heterocycles. The summed E-state index contributed by atoms with van der Waals surface area (Å²) in [5, 5.41) is 19.6. The Bertz CT molecular complexity index is 506. The number of carbonyl (C=O) groups is 1. The van der Waals surface area contributed by atoms with E-state index in [4.69, 9.17) is 5.26 Å². The maximum Gasteiger partial charge on any atom is 0.298 e. The Balaban J connectivity index is 3.62. The number of nitriles is 1. The van der Waals surface area contributed by atoms with Gasteiger partial charge in [-0.05, 0) is 18.6 Å². The van der Waals surface area contributed by atoms with E-state index in [1.54, 1.807) is 13.0 Å². The highest BCUT2D eigenvalue weighted by atomic mass is 79.9. The van der Waals surface area contributed by atoms with Crippen LogP contribution in [0.15, 0.2) is 12.1 Å². The van der Waals surface area contributed by atoms with Gasteiger partial charge in [0.1, 0.15) is 17.2 Å². The molecule has 1 aromatic rings. The molecular weight excluding hydrogens is 276 g/mol. The maximum atomic E-state index is 11.6. The minimum absolute atomic E-state index is 0.000856. The highest BCUT2D eigenvalue weighted by Crippen LogP contribution is 2.27. The van der Waals surface area contributed by atoms with Crippen LogP contribution in [0.1, 0.15) is 21.5 Å². The Morgan fingerprint density at radius 2 is 2.25 bits per heavy atom. The standard InChI is InChI=1S/C10H7BrN2O3/c1-6-2-3-7(5-12)10(13(15)16)9(6)8(14)4-11/h2-3H,4H2,1H3. The number of benzene rings is 1. The number of hydrogen-bond donors (Lipinski definition) is 0. The first-order valence-electron chi connectivity index (χ1n) is 4.30. The summed E-state index contributed by atoms with van der Waals surface area (Å²) in [7, 11) is 0. The zero-order valence-corrected chi connectivity index (χ0v) is 9.94. The number of alkyl halides is 1. The van der Waals surface area contributed by atoms with Gasteiger partial charge in [-0.15, -0.1) is 0 Å². The number of carbonyl (C=O) groups excluding carboxylic acids is 1. The molecule has 0 atom stereocenters. The quantitative estimate of drug-likeness (QED) is 0.369. The Hall–Kier alpha value is -1.74. The summed E-state index contributed by atoms with van der Waals surface area (Å²) in [6.07, 6.45) is 0. The van der Waals surface area contributed by atoms with Crippen molar-refractivity contribution in [3.63, 3.8) is 0 Å². The number of nitro benzene ring substituents is 1. The van der Waals surface area contributed by atoms with Gasteiger partial charge in [0, 0.05) is 0 Å². The van der Waals surface area contributed by atoms with E-state index in [9.17, 15) is 14.9 Å². The first-order chi connectivity index (χ1) is 7.52. The molecule has 5 nitrogen and oxygen atoms in total. The fourth-order valence-electron chi connectivity index (χ4n) is 1.39. The lowest BCUT2D eigenvalue weighted by Gasteiger charge is -2.05. The predicted octanol–water partition coefficient (Wildman–Crippen LogP) is 2.35. The summed E-state index contributed by atoms with van der Waals surface area (Å²) < 4.78 is 0. The van der Waals surface area contributed by atoms with Crippen LogP contribution in [0.2, 0.25) is 0 Å². The lowest BCUT2D eigenvalue weighted by Crippen LogP contribution is -2.09. The molecule has 16 heavy (non-hydrogen) atoms. The van der Waals surface area contributed by atoms with Crippen molar-refractivity contribution in [1.29, 1.82) is 5.26 Å². The van der Waals surface area contributed by atoms with Crippen molar-refractivity contribution >= 4 is 27.4 Å². The first kappa shape index (κ1) is 12.3. The molecule has 0 aliphatic rings. The molecular formula is C10H7BrN2O3. The van der Waals surface area contributed by atoms with Gasteiger partial charge in [-0.2, -0.15) is 5.26 Å². The Morgan fingerprint density at radius 3 is 2.69 bits per heavy atom. The average molecular weight is 283 g/mol. The van der Waals surface area contributed by atoms with Gasteiger partial charge in [0.05, 0.1) is 10.3 Å². The number of nitro groups is 1. The molecule has 0 saturated carbocycles. The number of nitrogens with zero attached hydrogens (tertiary/aromatic N) is 2. The van der Waals surface area contributed by atoms with Gasteiger partial charge in [-0.25, -0.2) is 0 Å². The van der Waals surface area contributed by atoms with Crippen molar-refractivity contribution in [3.05, 3.63) is 38.9 Å². The van der Waals surface area contributed by atoms with Crippen molar-refractivity contribution in [2.75, 3.05) is 5.33 Å². The summed E-state index contributed by atoms with van der Waals surface area (Å²) in [6, 6.07) is 4.59. The normalized spacial score (nSPS) is 9.56. The van der Waals surface area contributed by atoms with Gasteiger partial charge in [-0.3, -0.25) is 14.9 Å². The smallest absolute Gasteiger partial charge is 0.293 e. The third kappa shape index (κ3) is 2.09. The molecule has 0 amide bonds. The van der Waals surface area contributed by atoms with E-state index in [-0.39, 0.29) is 16.5 Å². The van der Waals surface area contributed by atoms with Crippen LogP contribution in [-0.4, -0.2) is 16.0 Å². The highest BCUT2D eigenvalue weighted by molar-refractivity contribution is 9.09. The molecule has 0 bridgehead atoms. The number of halogens is 1. The Morgan fingerprint density at radius 1 is 1.62 bits per heavy atom. The molecule has 6 heteroatoms. The van der Waals surface area contributed by atoms with Gasteiger partial charge in [-0.1, -0.05) is 22.0 Å². The summed E-state index contributed by atoms with van der Waals surface area (Å²) in [5.41, 5.74) is -0.0112. The van der Waals surface area contributed by atoms with E-state index in [1.165, 1.54) is 12.1 Å². The van der Waals surface area contributed by atoms with Crippen LogP contribution in [0.4, 0.5) is 5.69 Å². The fraction of sp³-hybridized carbons (Fsp3) is 0.200. The van der Waals surface area contributed by atoms with Crippen molar-refractivity contribution < 1.29 is 9.72 Å². The lowest BCUT2D eigenvalue weighted by molar-refractivity contribution is -0.385. The number of ketones is 1. The Kier molecular flexibility index (Phi) is 3.74. The molecule has 0 spiro atoms. The summed E-state index contributed by atoms with van der Waals surface area (Å²) in [4.78, 5) is 21.7. The molecule has 1 aromatic carbocycles. The molecule has 0 heterocycles. The summed E-state index contributed by atoms with van der Waals surface area (Å²) in [5.74, 6) is -0.402. The summed E-state index contributed by atoms with van der Waals surface area (Å²) in [6.45, 7) is 1.60. The van der Waals surface area contributed by atoms with Gasteiger partial charge < -0.3 is 0 Å². The molecule has 82 valence electrons. The highest BCUT2D eigenvalue weighted by Gasteiger charge is 2.25. The molecule has 1 rings (SSSR count). The Labute approximate surface area is 100.0 Å². The largest absolute Gasteiger partial charge is 0.298 e. The summed E-state index contributed by atoms with van der Waals surface area (Å²) >= 11 is 2.96. The van der Waals surface area contributed by atoms with Crippen molar-refractivity contribution in [2.45, 2.75) is 6.92 Å². The topological polar surface area (TPSA) is 84.0 Å². The van der Waals surface area contributed by atoms with Crippen LogP contribution < -0.4 is 0 Å². The molecule has 0 fully saturated rings. The van der Waals surface area contributed by atoms with Gasteiger partial charge in [0.15, 0.2) is 5.78 Å². The van der Waals surface area contributed by atoms with Crippen LogP contribution in [0, 0.1) is 28.4 Å². The number of hydrogen-bond acceptors (Lipinski definition) is 4. The van der Waals surface area contributed by atoms with Gasteiger partial charge >= 0.3 is 0 Å². The van der Waals surface area contributed by atoms with Crippen LogP contribution in [0.3, 0.4) is 0 Å². The molecule has 0 unspecified atom stereocenters. The van der Waals surface area contributed by atoms with E-state index < -0.39 is 16.4 Å². The lowest BCUT2D eigenvalue weighted by atomic mass is 9.99. The number of Topliss-reactive ketones (excluding diaryl/α,β-unsaturated/α-hetero) is 1. The minimum Gasteiger partial charge on any atom is -0.293 e. The fourth-order valence-corrected chi connectivity index (χ4v) is 1.67. The van der Waals surface area contributed by atoms with E-state index >= 15 is 0 Å². The maximum absolute atomic E-state index is 11.6. The molecule has 0 aliphatic carbocycles. The first-order valence-corrected chi connectivity index (χ1v) is 5.42. The second kappa shape index (κ2) is 4.86. The van der Waals surface area contributed by atoms with Crippen molar-refractivity contribution in [3.8, 4) is 6.07 Å². The second-order valence-corrected chi connectivity index (χ2v) is 3.64.